The van der Waals surface area contributed by atoms with E-state index in [1.807, 2.05) is 18.2 Å². The number of morpholine rings is 1. The van der Waals surface area contributed by atoms with Gasteiger partial charge >= 0.3 is 0 Å². The first-order valence-electron chi connectivity index (χ1n) is 9.42. The molecule has 2 aliphatic rings. The smallest absolute Gasteiger partial charge is 0.227 e. The number of rotatable bonds is 4. The topological polar surface area (TPSA) is 83.5 Å². The average Bonchev–Trinajstić information content (AvgIpc) is 2.75. The number of ether oxygens (including phenoxy) is 1. The molecule has 0 saturated carbocycles. The highest BCUT2D eigenvalue weighted by atomic mass is 16.5. The Morgan fingerprint density at radius 1 is 0.963 bits per heavy atom. The second-order valence-corrected chi connectivity index (χ2v) is 6.77. The lowest BCUT2D eigenvalue weighted by molar-refractivity contribution is -0.120. The molecule has 2 fully saturated rings. The Balaban J connectivity index is 1.37. The highest BCUT2D eigenvalue weighted by molar-refractivity contribution is 5.95. The van der Waals surface area contributed by atoms with Crippen LogP contribution >= 0.6 is 0 Å². The number of amides is 1. The predicted molar refractivity (Wildman–Crippen MR) is 103 cm³/mol. The Morgan fingerprint density at radius 2 is 1.67 bits per heavy atom. The first-order valence-corrected chi connectivity index (χ1v) is 9.42. The molecule has 2 aromatic heterocycles. The van der Waals surface area contributed by atoms with Crippen molar-refractivity contribution in [3.05, 3.63) is 36.8 Å². The van der Waals surface area contributed by atoms with Crippen molar-refractivity contribution in [2.75, 3.05) is 54.5 Å². The molecule has 8 nitrogen and oxygen atoms in total. The van der Waals surface area contributed by atoms with E-state index in [2.05, 4.69) is 30.1 Å². The monoisotopic (exact) mass is 368 g/mol. The minimum Gasteiger partial charge on any atom is -0.378 e. The molecule has 0 atom stereocenters. The summed E-state index contributed by atoms with van der Waals surface area (Å²) in [5.41, 5.74) is 0.776. The van der Waals surface area contributed by atoms with E-state index in [0.29, 0.717) is 13.2 Å². The third kappa shape index (κ3) is 4.16. The Bertz CT molecular complexity index is 758. The van der Waals surface area contributed by atoms with Gasteiger partial charge in [-0.15, -0.1) is 0 Å². The number of hydrogen-bond acceptors (Lipinski definition) is 7. The van der Waals surface area contributed by atoms with Crippen LogP contribution in [0.5, 0.6) is 0 Å². The van der Waals surface area contributed by atoms with Crippen LogP contribution in [0.4, 0.5) is 17.5 Å². The first-order chi connectivity index (χ1) is 13.3. The van der Waals surface area contributed by atoms with E-state index in [0.717, 1.165) is 56.5 Å². The summed E-state index contributed by atoms with van der Waals surface area (Å²) < 4.78 is 5.41. The van der Waals surface area contributed by atoms with Crippen LogP contribution in [0.15, 0.2) is 36.8 Å². The fraction of sp³-hybridized carbons (Fsp3) is 0.474. The number of anilines is 3. The minimum absolute atomic E-state index is 0.0114. The lowest BCUT2D eigenvalue weighted by Crippen LogP contribution is -2.40. The highest BCUT2D eigenvalue weighted by Gasteiger charge is 2.27. The van der Waals surface area contributed by atoms with E-state index in [1.54, 1.807) is 18.6 Å². The zero-order valence-corrected chi connectivity index (χ0v) is 15.3. The van der Waals surface area contributed by atoms with Gasteiger partial charge in [-0.2, -0.15) is 0 Å². The molecule has 0 aliphatic carbocycles. The summed E-state index contributed by atoms with van der Waals surface area (Å²) in [6, 6.07) is 5.58. The standard InChI is InChI=1S/C19H24N6O2/c26-18(15-4-9-25(10-5-15)19-21-7-2-8-22-19)23-16-3-1-6-20-17(16)24-11-13-27-14-12-24/h1-3,6-8,15H,4-5,9-14H2,(H,23,26). The number of nitrogens with zero attached hydrogens (tertiary/aromatic N) is 5. The Labute approximate surface area is 158 Å². The zero-order chi connectivity index (χ0) is 18.5. The summed E-state index contributed by atoms with van der Waals surface area (Å²) in [7, 11) is 0. The summed E-state index contributed by atoms with van der Waals surface area (Å²) >= 11 is 0. The molecule has 1 N–H and O–H groups in total. The van der Waals surface area contributed by atoms with Crippen LogP contribution in [0.1, 0.15) is 12.8 Å². The molecule has 0 radical (unpaired) electrons. The fourth-order valence-corrected chi connectivity index (χ4v) is 3.55. The number of pyridine rings is 1. The van der Waals surface area contributed by atoms with Crippen LogP contribution in [0.2, 0.25) is 0 Å². The Kier molecular flexibility index (Phi) is 5.43. The fourth-order valence-electron chi connectivity index (χ4n) is 3.55. The molecule has 1 amide bonds. The number of aromatic nitrogens is 3. The van der Waals surface area contributed by atoms with Gasteiger partial charge in [0, 0.05) is 50.7 Å². The Morgan fingerprint density at radius 3 is 2.41 bits per heavy atom. The van der Waals surface area contributed by atoms with Crippen LogP contribution in [0.3, 0.4) is 0 Å². The van der Waals surface area contributed by atoms with Gasteiger partial charge in [-0.3, -0.25) is 4.79 Å². The molecule has 2 aromatic rings. The maximum absolute atomic E-state index is 12.8. The molecule has 4 rings (SSSR count). The van der Waals surface area contributed by atoms with E-state index < -0.39 is 0 Å². The van der Waals surface area contributed by atoms with Gasteiger partial charge in [0.1, 0.15) is 0 Å². The molecular formula is C19H24N6O2. The van der Waals surface area contributed by atoms with Crippen molar-refractivity contribution in [3.63, 3.8) is 0 Å². The summed E-state index contributed by atoms with van der Waals surface area (Å²) in [6.45, 7) is 4.51. The number of carbonyl (C=O) groups excluding carboxylic acids is 1. The summed E-state index contributed by atoms with van der Waals surface area (Å²) in [6.07, 6.45) is 6.83. The zero-order valence-electron chi connectivity index (χ0n) is 15.3. The van der Waals surface area contributed by atoms with Crippen LogP contribution in [-0.2, 0) is 9.53 Å². The molecular weight excluding hydrogens is 344 g/mol. The quantitative estimate of drug-likeness (QED) is 0.877. The molecule has 0 aromatic carbocycles. The van der Waals surface area contributed by atoms with Gasteiger partial charge in [0.05, 0.1) is 18.9 Å². The van der Waals surface area contributed by atoms with Gasteiger partial charge < -0.3 is 19.9 Å². The molecule has 8 heteroatoms. The molecule has 0 spiro atoms. The first kappa shape index (κ1) is 17.7. The third-order valence-electron chi connectivity index (χ3n) is 5.06. The van der Waals surface area contributed by atoms with Gasteiger partial charge in [-0.05, 0) is 31.0 Å². The van der Waals surface area contributed by atoms with Crippen molar-refractivity contribution in [2.45, 2.75) is 12.8 Å². The molecule has 0 bridgehead atoms. The summed E-state index contributed by atoms with van der Waals surface area (Å²) in [5, 5.41) is 3.10. The summed E-state index contributed by atoms with van der Waals surface area (Å²) in [5.74, 6) is 1.61. The van der Waals surface area contributed by atoms with Crippen molar-refractivity contribution in [1.82, 2.24) is 15.0 Å². The average molecular weight is 368 g/mol. The van der Waals surface area contributed by atoms with Crippen molar-refractivity contribution >= 4 is 23.4 Å². The largest absolute Gasteiger partial charge is 0.378 e. The lowest BCUT2D eigenvalue weighted by atomic mass is 9.96. The lowest BCUT2D eigenvalue weighted by Gasteiger charge is -2.32. The van der Waals surface area contributed by atoms with Crippen molar-refractivity contribution in [1.29, 1.82) is 0 Å². The SMILES string of the molecule is O=C(Nc1cccnc1N1CCOCC1)C1CCN(c2ncccn2)CC1. The minimum atomic E-state index is -0.0114. The number of piperidine rings is 1. The van der Waals surface area contributed by atoms with Crippen LogP contribution in [0.25, 0.3) is 0 Å². The highest BCUT2D eigenvalue weighted by Crippen LogP contribution is 2.26. The molecule has 142 valence electrons. The van der Waals surface area contributed by atoms with E-state index in [-0.39, 0.29) is 11.8 Å². The molecule has 0 unspecified atom stereocenters. The van der Waals surface area contributed by atoms with Crippen LogP contribution < -0.4 is 15.1 Å². The van der Waals surface area contributed by atoms with Gasteiger partial charge in [0.25, 0.3) is 0 Å². The van der Waals surface area contributed by atoms with Crippen molar-refractivity contribution in [2.24, 2.45) is 5.92 Å². The van der Waals surface area contributed by atoms with Crippen molar-refractivity contribution < 1.29 is 9.53 Å². The van der Waals surface area contributed by atoms with E-state index >= 15 is 0 Å². The maximum atomic E-state index is 12.8. The third-order valence-corrected chi connectivity index (χ3v) is 5.06. The normalized spacial score (nSPS) is 18.4. The molecule has 27 heavy (non-hydrogen) atoms. The van der Waals surface area contributed by atoms with E-state index in [9.17, 15) is 4.79 Å². The van der Waals surface area contributed by atoms with E-state index in [4.69, 9.17) is 4.74 Å². The van der Waals surface area contributed by atoms with Gasteiger partial charge in [-0.1, -0.05) is 0 Å². The van der Waals surface area contributed by atoms with Gasteiger partial charge in [0.15, 0.2) is 5.82 Å². The maximum Gasteiger partial charge on any atom is 0.227 e. The van der Waals surface area contributed by atoms with Crippen LogP contribution in [-0.4, -0.2) is 60.3 Å². The second-order valence-electron chi connectivity index (χ2n) is 6.77. The molecule has 2 aliphatic heterocycles. The van der Waals surface area contributed by atoms with Gasteiger partial charge in [-0.25, -0.2) is 15.0 Å². The van der Waals surface area contributed by atoms with Crippen molar-refractivity contribution in [3.8, 4) is 0 Å². The predicted octanol–water partition coefficient (Wildman–Crippen LogP) is 1.56. The van der Waals surface area contributed by atoms with Crippen LogP contribution in [0, 0.1) is 5.92 Å². The number of nitrogens with one attached hydrogen (secondary N) is 1. The summed E-state index contributed by atoms with van der Waals surface area (Å²) in [4.78, 5) is 30.2. The Hall–Kier alpha value is -2.74. The van der Waals surface area contributed by atoms with E-state index in [1.165, 1.54) is 0 Å². The number of hydrogen-bond donors (Lipinski definition) is 1. The number of carbonyl (C=O) groups is 1. The second kappa shape index (κ2) is 8.30. The van der Waals surface area contributed by atoms with Gasteiger partial charge in [0.2, 0.25) is 11.9 Å². The molecule has 2 saturated heterocycles. The molecule has 4 heterocycles.